The predicted molar refractivity (Wildman–Crippen MR) is 80.4 cm³/mol. The van der Waals surface area contributed by atoms with Crippen molar-refractivity contribution in [1.82, 2.24) is 10.2 Å². The van der Waals surface area contributed by atoms with Crippen molar-refractivity contribution in [2.24, 2.45) is 5.92 Å². The molecule has 5 nitrogen and oxygen atoms in total. The first-order valence-electron chi connectivity index (χ1n) is 7.56. The van der Waals surface area contributed by atoms with Gasteiger partial charge in [0.15, 0.2) is 0 Å². The number of esters is 1. The highest BCUT2D eigenvalue weighted by Crippen LogP contribution is 2.11. The van der Waals surface area contributed by atoms with Crippen LogP contribution in [0.15, 0.2) is 0 Å². The van der Waals surface area contributed by atoms with Gasteiger partial charge in [-0.15, -0.1) is 0 Å². The molecule has 1 atom stereocenters. The van der Waals surface area contributed by atoms with E-state index in [4.69, 9.17) is 0 Å². The van der Waals surface area contributed by atoms with Crippen LogP contribution in [0.2, 0.25) is 0 Å². The van der Waals surface area contributed by atoms with Crippen LogP contribution in [0, 0.1) is 5.92 Å². The van der Waals surface area contributed by atoms with Crippen LogP contribution < -0.4 is 5.32 Å². The lowest BCUT2D eigenvalue weighted by Crippen LogP contribution is -2.42. The van der Waals surface area contributed by atoms with Crippen LogP contribution in [0.1, 0.15) is 47.0 Å². The third kappa shape index (κ3) is 7.48. The average molecular weight is 286 g/mol. The molecule has 0 aromatic carbocycles. The molecule has 1 amide bonds. The fourth-order valence-electron chi connectivity index (χ4n) is 2.15. The highest BCUT2D eigenvalue weighted by Gasteiger charge is 2.21. The molecule has 0 aliphatic carbocycles. The molecule has 0 heterocycles. The van der Waals surface area contributed by atoms with Crippen molar-refractivity contribution in [3.63, 3.8) is 0 Å². The van der Waals surface area contributed by atoms with Gasteiger partial charge in [-0.1, -0.05) is 33.6 Å². The van der Waals surface area contributed by atoms with Crippen LogP contribution in [-0.2, 0) is 14.3 Å². The van der Waals surface area contributed by atoms with E-state index < -0.39 is 0 Å². The van der Waals surface area contributed by atoms with Crippen molar-refractivity contribution in [2.45, 2.75) is 53.0 Å². The van der Waals surface area contributed by atoms with Gasteiger partial charge < -0.3 is 15.0 Å². The fourth-order valence-corrected chi connectivity index (χ4v) is 2.15. The third-order valence-electron chi connectivity index (χ3n) is 3.57. The first kappa shape index (κ1) is 18.9. The number of carbonyl (C=O) groups excluding carboxylic acids is 2. The first-order valence-corrected chi connectivity index (χ1v) is 7.56. The van der Waals surface area contributed by atoms with Crippen molar-refractivity contribution in [2.75, 3.05) is 26.7 Å². The number of hydrogen-bond acceptors (Lipinski definition) is 4. The molecule has 20 heavy (non-hydrogen) atoms. The number of carbonyl (C=O) groups is 2. The van der Waals surface area contributed by atoms with Crippen LogP contribution in [0.5, 0.6) is 0 Å². The van der Waals surface area contributed by atoms with Gasteiger partial charge in [0, 0.05) is 19.0 Å². The molecule has 0 spiro atoms. The lowest BCUT2D eigenvalue weighted by atomic mass is 10.0. The maximum Gasteiger partial charge on any atom is 0.325 e. The van der Waals surface area contributed by atoms with E-state index in [0.717, 1.165) is 19.4 Å². The zero-order chi connectivity index (χ0) is 15.5. The zero-order valence-electron chi connectivity index (χ0n) is 13.6. The predicted octanol–water partition coefficient (Wildman–Crippen LogP) is 1.81. The molecule has 0 aromatic heterocycles. The molecule has 0 aliphatic heterocycles. The summed E-state index contributed by atoms with van der Waals surface area (Å²) >= 11 is 0. The number of nitrogens with zero attached hydrogens (tertiary/aromatic N) is 1. The quantitative estimate of drug-likeness (QED) is 0.622. The minimum atomic E-state index is -0.361. The summed E-state index contributed by atoms with van der Waals surface area (Å²) in [6.45, 7) is 9.71. The van der Waals surface area contributed by atoms with E-state index in [2.05, 4.69) is 23.9 Å². The molecule has 1 unspecified atom stereocenters. The Morgan fingerprint density at radius 1 is 1.20 bits per heavy atom. The van der Waals surface area contributed by atoms with Crippen LogP contribution in [-0.4, -0.2) is 49.6 Å². The topological polar surface area (TPSA) is 58.6 Å². The average Bonchev–Trinajstić information content (AvgIpc) is 2.43. The summed E-state index contributed by atoms with van der Waals surface area (Å²) in [5.41, 5.74) is 0. The van der Waals surface area contributed by atoms with Crippen molar-refractivity contribution < 1.29 is 14.3 Å². The lowest BCUT2D eigenvalue weighted by molar-refractivity contribution is -0.147. The Kier molecular flexibility index (Phi) is 10.1. The third-order valence-corrected chi connectivity index (χ3v) is 3.57. The SMILES string of the molecule is CCNC(C)CC(=O)N(CC(=O)OC)CC(CC)CC. The second-order valence-corrected chi connectivity index (χ2v) is 5.20. The Balaban J connectivity index is 4.64. The normalized spacial score (nSPS) is 12.3. The molecular formula is C15H30N2O3. The summed E-state index contributed by atoms with van der Waals surface area (Å²) in [5.74, 6) is 0.0780. The van der Waals surface area contributed by atoms with Gasteiger partial charge in [0.25, 0.3) is 0 Å². The van der Waals surface area contributed by atoms with Crippen molar-refractivity contribution in [1.29, 1.82) is 0 Å². The Morgan fingerprint density at radius 2 is 1.80 bits per heavy atom. The molecule has 118 valence electrons. The largest absolute Gasteiger partial charge is 0.468 e. The minimum Gasteiger partial charge on any atom is -0.468 e. The lowest BCUT2D eigenvalue weighted by Gasteiger charge is -2.27. The Morgan fingerprint density at radius 3 is 2.25 bits per heavy atom. The highest BCUT2D eigenvalue weighted by molar-refractivity contribution is 5.82. The van der Waals surface area contributed by atoms with E-state index in [-0.39, 0.29) is 24.5 Å². The van der Waals surface area contributed by atoms with Gasteiger partial charge in [0.05, 0.1) is 7.11 Å². The molecule has 1 N–H and O–H groups in total. The summed E-state index contributed by atoms with van der Waals surface area (Å²) in [4.78, 5) is 25.4. The van der Waals surface area contributed by atoms with Crippen molar-refractivity contribution >= 4 is 11.9 Å². The highest BCUT2D eigenvalue weighted by atomic mass is 16.5. The smallest absolute Gasteiger partial charge is 0.325 e. The van der Waals surface area contributed by atoms with Crippen molar-refractivity contribution in [3.05, 3.63) is 0 Å². The van der Waals surface area contributed by atoms with E-state index >= 15 is 0 Å². The van der Waals surface area contributed by atoms with Crippen LogP contribution in [0.4, 0.5) is 0 Å². The van der Waals surface area contributed by atoms with Gasteiger partial charge in [-0.25, -0.2) is 0 Å². The Labute approximate surface area is 123 Å². The molecule has 5 heteroatoms. The second-order valence-electron chi connectivity index (χ2n) is 5.20. The van der Waals surface area contributed by atoms with Crippen LogP contribution >= 0.6 is 0 Å². The number of amides is 1. The molecule has 0 saturated heterocycles. The second kappa shape index (κ2) is 10.7. The van der Waals surface area contributed by atoms with Crippen molar-refractivity contribution in [3.8, 4) is 0 Å². The molecule has 0 aliphatic rings. The van der Waals surface area contributed by atoms with E-state index in [1.807, 2.05) is 13.8 Å². The van der Waals surface area contributed by atoms with Gasteiger partial charge in [0.2, 0.25) is 5.91 Å². The molecular weight excluding hydrogens is 256 g/mol. The Bertz CT molecular complexity index is 291. The molecule has 0 rings (SSSR count). The number of nitrogens with one attached hydrogen (secondary N) is 1. The standard InChI is InChI=1S/C15H30N2O3/c1-6-13(7-2)10-17(11-15(19)20-5)14(18)9-12(4)16-8-3/h12-13,16H,6-11H2,1-5H3. The molecule has 0 fully saturated rings. The van der Waals surface area contributed by atoms with Gasteiger partial charge in [-0.2, -0.15) is 0 Å². The van der Waals surface area contributed by atoms with Gasteiger partial charge in [-0.3, -0.25) is 9.59 Å². The summed E-state index contributed by atoms with van der Waals surface area (Å²) in [6, 6.07) is 0.120. The van der Waals surface area contributed by atoms with Gasteiger partial charge >= 0.3 is 5.97 Å². The van der Waals surface area contributed by atoms with E-state index in [1.54, 1.807) is 4.90 Å². The number of ether oxygens (including phenoxy) is 1. The maximum absolute atomic E-state index is 12.3. The zero-order valence-corrected chi connectivity index (χ0v) is 13.6. The number of hydrogen-bond donors (Lipinski definition) is 1. The summed E-state index contributed by atoms with van der Waals surface area (Å²) < 4.78 is 4.68. The number of rotatable bonds is 10. The monoisotopic (exact) mass is 286 g/mol. The molecule has 0 bridgehead atoms. The van der Waals surface area contributed by atoms with E-state index in [0.29, 0.717) is 18.9 Å². The van der Waals surface area contributed by atoms with Crippen LogP contribution in [0.3, 0.4) is 0 Å². The van der Waals surface area contributed by atoms with Crippen LogP contribution in [0.25, 0.3) is 0 Å². The summed E-state index contributed by atoms with van der Waals surface area (Å²) in [7, 11) is 1.35. The van der Waals surface area contributed by atoms with Gasteiger partial charge in [0.1, 0.15) is 6.54 Å². The minimum absolute atomic E-state index is 0.00995. The molecule has 0 radical (unpaired) electrons. The van der Waals surface area contributed by atoms with E-state index in [1.165, 1.54) is 7.11 Å². The summed E-state index contributed by atoms with van der Waals surface area (Å²) in [5, 5.41) is 3.22. The Hall–Kier alpha value is -1.10. The molecule has 0 aromatic rings. The number of methoxy groups -OCH3 is 1. The summed E-state index contributed by atoms with van der Waals surface area (Å²) in [6.07, 6.45) is 2.42. The van der Waals surface area contributed by atoms with E-state index in [9.17, 15) is 9.59 Å². The fraction of sp³-hybridized carbons (Fsp3) is 0.867. The first-order chi connectivity index (χ1) is 9.48. The maximum atomic E-state index is 12.3. The molecule has 0 saturated carbocycles. The van der Waals surface area contributed by atoms with Gasteiger partial charge in [-0.05, 0) is 19.4 Å².